The van der Waals surface area contributed by atoms with Crippen LogP contribution < -0.4 is 4.90 Å². The standard InChI is InChI=1S/C54H36N2O/c1-3-13-37(14-4-1)40-15-11-16-41(35-40)38-25-30-44(31-26-38)55(52-23-12-21-48-47-20-8-10-24-53(47)57-54(48)52)45-32-27-39(28-33-45)42-29-34-51-49(36-42)46-19-7-9-22-50(46)56(51)43-17-5-2-6-18-43/h1-36H. The molecule has 0 amide bonds. The summed E-state index contributed by atoms with van der Waals surface area (Å²) in [7, 11) is 0. The third-order valence-corrected chi connectivity index (χ3v) is 11.2. The summed E-state index contributed by atoms with van der Waals surface area (Å²) in [5, 5.41) is 4.70. The van der Waals surface area contributed by atoms with Gasteiger partial charge in [0.1, 0.15) is 5.58 Å². The Kier molecular flexibility index (Phi) is 7.82. The molecule has 0 N–H and O–H groups in total. The fourth-order valence-corrected chi connectivity index (χ4v) is 8.46. The Morgan fingerprint density at radius 2 is 0.842 bits per heavy atom. The van der Waals surface area contributed by atoms with Gasteiger partial charge in [0, 0.05) is 38.6 Å². The van der Waals surface area contributed by atoms with E-state index < -0.39 is 0 Å². The number of hydrogen-bond acceptors (Lipinski definition) is 2. The Bertz CT molecular complexity index is 3210. The van der Waals surface area contributed by atoms with E-state index in [1.165, 1.54) is 44.1 Å². The molecular weight excluding hydrogens is 693 g/mol. The van der Waals surface area contributed by atoms with Crippen molar-refractivity contribution in [3.05, 3.63) is 218 Å². The first-order valence-corrected chi connectivity index (χ1v) is 19.4. The van der Waals surface area contributed by atoms with Gasteiger partial charge in [-0.2, -0.15) is 0 Å². The van der Waals surface area contributed by atoms with Gasteiger partial charge in [-0.1, -0.05) is 146 Å². The van der Waals surface area contributed by atoms with Gasteiger partial charge in [-0.05, 0) is 106 Å². The lowest BCUT2D eigenvalue weighted by atomic mass is 9.98. The molecule has 9 aromatic carbocycles. The lowest BCUT2D eigenvalue weighted by molar-refractivity contribution is 0.669. The Morgan fingerprint density at radius 1 is 0.333 bits per heavy atom. The van der Waals surface area contributed by atoms with Gasteiger partial charge < -0.3 is 13.9 Å². The smallest absolute Gasteiger partial charge is 0.159 e. The van der Waals surface area contributed by atoms with Crippen molar-refractivity contribution < 1.29 is 4.42 Å². The maximum Gasteiger partial charge on any atom is 0.159 e. The highest BCUT2D eigenvalue weighted by atomic mass is 16.3. The molecule has 3 heteroatoms. The molecular formula is C54H36N2O. The molecule has 3 nitrogen and oxygen atoms in total. The molecule has 2 heterocycles. The summed E-state index contributed by atoms with van der Waals surface area (Å²) in [4.78, 5) is 2.31. The minimum Gasteiger partial charge on any atom is -0.454 e. The number of furan rings is 1. The molecule has 0 saturated carbocycles. The van der Waals surface area contributed by atoms with Crippen LogP contribution in [0.15, 0.2) is 223 Å². The molecule has 268 valence electrons. The van der Waals surface area contributed by atoms with E-state index in [1.54, 1.807) is 0 Å². The lowest BCUT2D eigenvalue weighted by Crippen LogP contribution is -2.10. The van der Waals surface area contributed by atoms with Crippen LogP contribution in [-0.4, -0.2) is 4.57 Å². The first kappa shape index (κ1) is 32.8. The number of para-hydroxylation sites is 4. The topological polar surface area (TPSA) is 21.3 Å². The van der Waals surface area contributed by atoms with Gasteiger partial charge in [0.2, 0.25) is 0 Å². The molecule has 0 aliphatic heterocycles. The number of nitrogens with zero attached hydrogens (tertiary/aromatic N) is 2. The number of rotatable bonds is 7. The summed E-state index contributed by atoms with van der Waals surface area (Å²) in [6, 6.07) is 78.0. The van der Waals surface area contributed by atoms with Gasteiger partial charge in [0.05, 0.1) is 16.7 Å². The summed E-state index contributed by atoms with van der Waals surface area (Å²) in [5.74, 6) is 0. The summed E-state index contributed by atoms with van der Waals surface area (Å²) < 4.78 is 8.98. The van der Waals surface area contributed by atoms with Crippen LogP contribution in [0.5, 0.6) is 0 Å². The normalized spacial score (nSPS) is 11.5. The summed E-state index contributed by atoms with van der Waals surface area (Å²) >= 11 is 0. The van der Waals surface area contributed by atoms with Crippen LogP contribution in [0.4, 0.5) is 17.1 Å². The first-order chi connectivity index (χ1) is 28.3. The molecule has 0 aliphatic carbocycles. The SMILES string of the molecule is c1ccc(-c2cccc(-c3ccc(N(c4ccc(-c5ccc6c(c5)c5ccccc5n6-c5ccccc5)cc4)c4cccc5c4oc4ccccc45)cc3)c2)cc1. The third-order valence-electron chi connectivity index (χ3n) is 11.2. The van der Waals surface area contributed by atoms with Crippen LogP contribution in [-0.2, 0) is 0 Å². The minimum atomic E-state index is 0.864. The van der Waals surface area contributed by atoms with Crippen LogP contribution in [0.3, 0.4) is 0 Å². The van der Waals surface area contributed by atoms with E-state index in [0.29, 0.717) is 0 Å². The highest BCUT2D eigenvalue weighted by Crippen LogP contribution is 2.43. The molecule has 0 aliphatic rings. The Hall–Kier alpha value is -7.62. The molecule has 2 aromatic heterocycles. The van der Waals surface area contributed by atoms with E-state index in [2.05, 4.69) is 216 Å². The Morgan fingerprint density at radius 3 is 1.56 bits per heavy atom. The number of anilines is 3. The maximum absolute atomic E-state index is 6.62. The highest BCUT2D eigenvalue weighted by molar-refractivity contribution is 6.11. The van der Waals surface area contributed by atoms with Gasteiger partial charge in [0.25, 0.3) is 0 Å². The second-order valence-corrected chi connectivity index (χ2v) is 14.5. The predicted molar refractivity (Wildman–Crippen MR) is 239 cm³/mol. The van der Waals surface area contributed by atoms with Crippen molar-refractivity contribution in [1.82, 2.24) is 4.57 Å². The molecule has 0 saturated heterocycles. The molecule has 0 bridgehead atoms. The van der Waals surface area contributed by atoms with Crippen molar-refractivity contribution in [2.75, 3.05) is 4.90 Å². The van der Waals surface area contributed by atoms with Gasteiger partial charge >= 0.3 is 0 Å². The highest BCUT2D eigenvalue weighted by Gasteiger charge is 2.20. The average Bonchev–Trinajstić information content (AvgIpc) is 3.84. The molecule has 0 spiro atoms. The molecule has 0 radical (unpaired) electrons. The molecule has 0 atom stereocenters. The van der Waals surface area contributed by atoms with Crippen LogP contribution in [0.1, 0.15) is 0 Å². The first-order valence-electron chi connectivity index (χ1n) is 19.4. The number of fused-ring (bicyclic) bond motifs is 6. The quantitative estimate of drug-likeness (QED) is 0.163. The zero-order chi connectivity index (χ0) is 37.7. The van der Waals surface area contributed by atoms with E-state index in [0.717, 1.165) is 55.8 Å². The van der Waals surface area contributed by atoms with Gasteiger partial charge in [-0.15, -0.1) is 0 Å². The maximum atomic E-state index is 6.62. The Labute approximate surface area is 330 Å². The van der Waals surface area contributed by atoms with Crippen molar-refractivity contribution >= 4 is 60.8 Å². The van der Waals surface area contributed by atoms with E-state index in [1.807, 2.05) is 12.1 Å². The lowest BCUT2D eigenvalue weighted by Gasteiger charge is -2.26. The summed E-state index contributed by atoms with van der Waals surface area (Å²) in [5.41, 5.74) is 15.5. The van der Waals surface area contributed by atoms with Gasteiger partial charge in [-0.25, -0.2) is 0 Å². The van der Waals surface area contributed by atoms with Crippen molar-refractivity contribution in [2.24, 2.45) is 0 Å². The number of aromatic nitrogens is 1. The van der Waals surface area contributed by atoms with Gasteiger partial charge in [-0.3, -0.25) is 0 Å². The van der Waals surface area contributed by atoms with Crippen LogP contribution >= 0.6 is 0 Å². The molecule has 11 rings (SSSR count). The van der Waals surface area contributed by atoms with E-state index in [9.17, 15) is 0 Å². The predicted octanol–water partition coefficient (Wildman–Crippen LogP) is 15.2. The summed E-state index contributed by atoms with van der Waals surface area (Å²) in [6.07, 6.45) is 0. The molecule has 0 unspecified atom stereocenters. The number of benzene rings is 9. The molecule has 0 fully saturated rings. The second kappa shape index (κ2) is 13.6. The minimum absolute atomic E-state index is 0.864. The van der Waals surface area contributed by atoms with E-state index in [4.69, 9.17) is 4.42 Å². The number of hydrogen-bond donors (Lipinski definition) is 0. The molecule has 11 aromatic rings. The summed E-state index contributed by atoms with van der Waals surface area (Å²) in [6.45, 7) is 0. The third kappa shape index (κ3) is 5.68. The zero-order valence-electron chi connectivity index (χ0n) is 31.1. The fraction of sp³-hybridized carbons (Fsp3) is 0. The van der Waals surface area contributed by atoms with Crippen LogP contribution in [0.25, 0.3) is 82.8 Å². The van der Waals surface area contributed by atoms with Crippen molar-refractivity contribution in [3.8, 4) is 39.1 Å². The van der Waals surface area contributed by atoms with Gasteiger partial charge in [0.15, 0.2) is 5.58 Å². The second-order valence-electron chi connectivity index (χ2n) is 14.5. The van der Waals surface area contributed by atoms with Crippen LogP contribution in [0, 0.1) is 0 Å². The van der Waals surface area contributed by atoms with Crippen molar-refractivity contribution in [1.29, 1.82) is 0 Å². The monoisotopic (exact) mass is 728 g/mol. The zero-order valence-corrected chi connectivity index (χ0v) is 31.1. The fourth-order valence-electron chi connectivity index (χ4n) is 8.46. The average molecular weight is 729 g/mol. The van der Waals surface area contributed by atoms with Crippen molar-refractivity contribution in [2.45, 2.75) is 0 Å². The Balaban J connectivity index is 1.01. The van der Waals surface area contributed by atoms with E-state index in [-0.39, 0.29) is 0 Å². The van der Waals surface area contributed by atoms with E-state index >= 15 is 0 Å². The van der Waals surface area contributed by atoms with Crippen molar-refractivity contribution in [3.63, 3.8) is 0 Å². The largest absolute Gasteiger partial charge is 0.454 e. The molecule has 57 heavy (non-hydrogen) atoms. The van der Waals surface area contributed by atoms with Crippen LogP contribution in [0.2, 0.25) is 0 Å².